The molecule has 1 aromatic carbocycles. The SMILES string of the molecule is COCCNC(=NCC(=O)N(C)C)NC1CCCN(c2ccc(F)cc2C)C1. The van der Waals surface area contributed by atoms with Crippen molar-refractivity contribution in [3.05, 3.63) is 29.6 Å². The van der Waals surface area contributed by atoms with Crippen molar-refractivity contribution in [2.75, 3.05) is 58.9 Å². The van der Waals surface area contributed by atoms with Gasteiger partial charge in [-0.25, -0.2) is 9.38 Å². The Labute approximate surface area is 166 Å². The van der Waals surface area contributed by atoms with E-state index in [0.29, 0.717) is 19.1 Å². The van der Waals surface area contributed by atoms with Crippen LogP contribution in [0.2, 0.25) is 0 Å². The highest BCUT2D eigenvalue weighted by molar-refractivity contribution is 5.85. The maximum absolute atomic E-state index is 13.4. The molecule has 1 heterocycles. The van der Waals surface area contributed by atoms with Crippen LogP contribution >= 0.6 is 0 Å². The molecule has 1 saturated heterocycles. The molecule has 1 aliphatic rings. The lowest BCUT2D eigenvalue weighted by Gasteiger charge is -2.36. The number of rotatable bonds is 7. The van der Waals surface area contributed by atoms with Crippen molar-refractivity contribution < 1.29 is 13.9 Å². The minimum Gasteiger partial charge on any atom is -0.383 e. The number of piperidine rings is 1. The van der Waals surface area contributed by atoms with Crippen LogP contribution in [0.4, 0.5) is 10.1 Å². The summed E-state index contributed by atoms with van der Waals surface area (Å²) in [6.45, 7) is 4.90. The van der Waals surface area contributed by atoms with Crippen LogP contribution in [-0.4, -0.2) is 76.8 Å². The Balaban J connectivity index is 2.03. The van der Waals surface area contributed by atoms with E-state index < -0.39 is 0 Å². The molecule has 8 heteroatoms. The second-order valence-corrected chi connectivity index (χ2v) is 7.23. The Bertz CT molecular complexity index is 681. The Kier molecular flexibility index (Phi) is 8.50. The van der Waals surface area contributed by atoms with E-state index in [9.17, 15) is 9.18 Å². The molecule has 0 saturated carbocycles. The van der Waals surface area contributed by atoms with Crippen molar-refractivity contribution in [2.45, 2.75) is 25.8 Å². The molecule has 2 rings (SSSR count). The Hall–Kier alpha value is -2.35. The van der Waals surface area contributed by atoms with E-state index in [-0.39, 0.29) is 24.3 Å². The molecule has 0 spiro atoms. The molecule has 1 unspecified atom stereocenters. The number of anilines is 1. The van der Waals surface area contributed by atoms with Crippen molar-refractivity contribution in [3.8, 4) is 0 Å². The predicted octanol–water partition coefficient (Wildman–Crippen LogP) is 1.37. The molecule has 7 nitrogen and oxygen atoms in total. The maximum atomic E-state index is 13.4. The summed E-state index contributed by atoms with van der Waals surface area (Å²) in [5.74, 6) is 0.338. The lowest BCUT2D eigenvalue weighted by Crippen LogP contribution is -2.52. The third kappa shape index (κ3) is 6.67. The molecule has 1 atom stereocenters. The summed E-state index contributed by atoms with van der Waals surface area (Å²) in [6.07, 6.45) is 2.03. The molecule has 0 aliphatic carbocycles. The minimum absolute atomic E-state index is 0.0555. The maximum Gasteiger partial charge on any atom is 0.243 e. The van der Waals surface area contributed by atoms with Crippen molar-refractivity contribution in [2.24, 2.45) is 4.99 Å². The number of carbonyl (C=O) groups excluding carboxylic acids is 1. The zero-order valence-corrected chi connectivity index (χ0v) is 17.3. The van der Waals surface area contributed by atoms with Gasteiger partial charge in [-0.1, -0.05) is 0 Å². The van der Waals surface area contributed by atoms with Gasteiger partial charge in [0.05, 0.1) is 6.61 Å². The van der Waals surface area contributed by atoms with Gasteiger partial charge in [0, 0.05) is 52.6 Å². The zero-order valence-electron chi connectivity index (χ0n) is 17.3. The average Bonchev–Trinajstić information content (AvgIpc) is 2.66. The van der Waals surface area contributed by atoms with E-state index in [4.69, 9.17) is 4.74 Å². The summed E-state index contributed by atoms with van der Waals surface area (Å²) < 4.78 is 18.5. The van der Waals surface area contributed by atoms with E-state index >= 15 is 0 Å². The lowest BCUT2D eigenvalue weighted by molar-refractivity contribution is -0.127. The number of halogens is 1. The number of likely N-dealkylation sites (N-methyl/N-ethyl adjacent to an activating group) is 1. The number of nitrogens with one attached hydrogen (secondary N) is 2. The van der Waals surface area contributed by atoms with E-state index in [0.717, 1.165) is 37.2 Å². The molecule has 1 fully saturated rings. The van der Waals surface area contributed by atoms with E-state index in [1.165, 1.54) is 11.0 Å². The molecule has 1 aliphatic heterocycles. The van der Waals surface area contributed by atoms with Crippen LogP contribution in [0.25, 0.3) is 0 Å². The summed E-state index contributed by atoms with van der Waals surface area (Å²) in [5.41, 5.74) is 1.99. The number of amides is 1. The number of hydrogen-bond donors (Lipinski definition) is 2. The van der Waals surface area contributed by atoms with Gasteiger partial charge in [0.25, 0.3) is 0 Å². The summed E-state index contributed by atoms with van der Waals surface area (Å²) in [5, 5.41) is 6.65. The van der Waals surface area contributed by atoms with E-state index in [1.54, 1.807) is 27.3 Å². The average molecular weight is 394 g/mol. The largest absolute Gasteiger partial charge is 0.383 e. The quantitative estimate of drug-likeness (QED) is 0.416. The molecule has 0 radical (unpaired) electrons. The highest BCUT2D eigenvalue weighted by Gasteiger charge is 2.22. The number of hydrogen-bond acceptors (Lipinski definition) is 4. The number of carbonyl (C=O) groups is 1. The third-order valence-corrected chi connectivity index (χ3v) is 4.73. The Morgan fingerprint density at radius 3 is 2.89 bits per heavy atom. The number of benzene rings is 1. The first-order chi connectivity index (χ1) is 13.4. The number of methoxy groups -OCH3 is 1. The molecule has 0 bridgehead atoms. The van der Waals surface area contributed by atoms with Gasteiger partial charge in [0.15, 0.2) is 5.96 Å². The van der Waals surface area contributed by atoms with Crippen LogP contribution in [0.1, 0.15) is 18.4 Å². The number of nitrogens with zero attached hydrogens (tertiary/aromatic N) is 3. The molecule has 156 valence electrons. The highest BCUT2D eigenvalue weighted by Crippen LogP contribution is 2.24. The lowest BCUT2D eigenvalue weighted by atomic mass is 10.0. The Morgan fingerprint density at radius 2 is 2.21 bits per heavy atom. The fourth-order valence-corrected chi connectivity index (χ4v) is 3.19. The second kappa shape index (κ2) is 10.8. The molecular weight excluding hydrogens is 361 g/mol. The fraction of sp³-hybridized carbons (Fsp3) is 0.600. The first kappa shape index (κ1) is 21.9. The number of guanidine groups is 1. The fourth-order valence-electron chi connectivity index (χ4n) is 3.19. The zero-order chi connectivity index (χ0) is 20.5. The smallest absolute Gasteiger partial charge is 0.243 e. The van der Waals surface area contributed by atoms with Gasteiger partial charge >= 0.3 is 0 Å². The van der Waals surface area contributed by atoms with Crippen LogP contribution in [0.15, 0.2) is 23.2 Å². The monoisotopic (exact) mass is 393 g/mol. The van der Waals surface area contributed by atoms with Gasteiger partial charge in [0.2, 0.25) is 5.91 Å². The van der Waals surface area contributed by atoms with Crippen LogP contribution in [0, 0.1) is 12.7 Å². The molecular formula is C20H32FN5O2. The van der Waals surface area contributed by atoms with Gasteiger partial charge in [-0.05, 0) is 43.5 Å². The van der Waals surface area contributed by atoms with Gasteiger partial charge in [0.1, 0.15) is 12.4 Å². The van der Waals surface area contributed by atoms with Crippen molar-refractivity contribution in [1.29, 1.82) is 0 Å². The van der Waals surface area contributed by atoms with Crippen LogP contribution < -0.4 is 15.5 Å². The topological polar surface area (TPSA) is 69.2 Å². The molecule has 2 N–H and O–H groups in total. The highest BCUT2D eigenvalue weighted by atomic mass is 19.1. The number of aryl methyl sites for hydroxylation is 1. The number of aliphatic imine (C=N–C) groups is 1. The van der Waals surface area contributed by atoms with E-state index in [2.05, 4.69) is 20.5 Å². The molecule has 28 heavy (non-hydrogen) atoms. The van der Waals surface area contributed by atoms with E-state index in [1.807, 2.05) is 13.0 Å². The van der Waals surface area contributed by atoms with Crippen molar-refractivity contribution in [1.82, 2.24) is 15.5 Å². The standard InChI is InChI=1S/C20H32FN5O2/c1-15-12-16(21)7-8-18(15)26-10-5-6-17(14-26)24-20(22-9-11-28-4)23-13-19(27)25(2)3/h7-8,12,17H,5-6,9-11,13-14H2,1-4H3,(H2,22,23,24). The molecule has 0 aromatic heterocycles. The van der Waals surface area contributed by atoms with Crippen LogP contribution in [0.3, 0.4) is 0 Å². The van der Waals surface area contributed by atoms with Crippen LogP contribution in [-0.2, 0) is 9.53 Å². The molecule has 1 amide bonds. The van der Waals surface area contributed by atoms with Crippen molar-refractivity contribution in [3.63, 3.8) is 0 Å². The number of ether oxygens (including phenoxy) is 1. The van der Waals surface area contributed by atoms with Gasteiger partial charge in [-0.2, -0.15) is 0 Å². The first-order valence-electron chi connectivity index (χ1n) is 9.65. The Morgan fingerprint density at radius 1 is 1.43 bits per heavy atom. The van der Waals surface area contributed by atoms with Crippen molar-refractivity contribution >= 4 is 17.6 Å². The molecule has 1 aromatic rings. The minimum atomic E-state index is -0.213. The summed E-state index contributed by atoms with van der Waals surface area (Å²) >= 11 is 0. The van der Waals surface area contributed by atoms with Gasteiger partial charge in [-0.3, -0.25) is 4.79 Å². The van der Waals surface area contributed by atoms with Gasteiger partial charge in [-0.15, -0.1) is 0 Å². The second-order valence-electron chi connectivity index (χ2n) is 7.23. The third-order valence-electron chi connectivity index (χ3n) is 4.73. The predicted molar refractivity (Wildman–Crippen MR) is 110 cm³/mol. The van der Waals surface area contributed by atoms with Crippen LogP contribution in [0.5, 0.6) is 0 Å². The summed E-state index contributed by atoms with van der Waals surface area (Å²) in [7, 11) is 5.08. The normalized spacial score (nSPS) is 17.4. The summed E-state index contributed by atoms with van der Waals surface area (Å²) in [6, 6.07) is 5.10. The summed E-state index contributed by atoms with van der Waals surface area (Å²) in [4.78, 5) is 20.1. The first-order valence-corrected chi connectivity index (χ1v) is 9.65. The van der Waals surface area contributed by atoms with Gasteiger partial charge < -0.3 is 25.2 Å².